The third-order valence-electron chi connectivity index (χ3n) is 5.32. The maximum atomic E-state index is 13.0. The second kappa shape index (κ2) is 12.2. The van der Waals surface area contributed by atoms with Crippen LogP contribution in [0.3, 0.4) is 0 Å². The average Bonchev–Trinajstić information content (AvgIpc) is 3.31. The van der Waals surface area contributed by atoms with Crippen molar-refractivity contribution in [3.05, 3.63) is 40.4 Å². The molecule has 3 N–H and O–H groups in total. The third kappa shape index (κ3) is 7.77. The second-order valence-electron chi connectivity index (χ2n) is 9.78. The summed E-state index contributed by atoms with van der Waals surface area (Å²) in [6.07, 6.45) is 0. The van der Waals surface area contributed by atoms with Crippen LogP contribution in [0.2, 0.25) is 0 Å². The van der Waals surface area contributed by atoms with E-state index in [1.165, 1.54) is 25.6 Å². The fourth-order valence-corrected chi connectivity index (χ4v) is 3.94. The summed E-state index contributed by atoms with van der Waals surface area (Å²) in [5, 5.41) is 11.3. The molecule has 3 rings (SSSR count). The molecule has 2 aromatic heterocycles. The molecule has 0 bridgehead atoms. The van der Waals surface area contributed by atoms with Gasteiger partial charge in [0.25, 0.3) is 11.1 Å². The first-order valence-electron chi connectivity index (χ1n) is 12.0. The lowest BCUT2D eigenvalue weighted by molar-refractivity contribution is 0.102. The summed E-state index contributed by atoms with van der Waals surface area (Å²) in [4.78, 5) is 26.1. The molecule has 200 valence electrons. The van der Waals surface area contributed by atoms with Gasteiger partial charge in [-0.3, -0.25) is 4.79 Å². The quantitative estimate of drug-likeness (QED) is 0.287. The highest BCUT2D eigenvalue weighted by Gasteiger charge is 2.21. The van der Waals surface area contributed by atoms with Crippen LogP contribution in [-0.4, -0.2) is 53.7 Å². The number of aromatic nitrogens is 3. The minimum Gasteiger partial charge on any atom is -0.479 e. The van der Waals surface area contributed by atoms with Gasteiger partial charge >= 0.3 is 0 Å². The lowest BCUT2D eigenvalue weighted by Crippen LogP contribution is -2.38. The highest BCUT2D eigenvalue weighted by Crippen LogP contribution is 2.34. The van der Waals surface area contributed by atoms with Crippen LogP contribution in [0.15, 0.2) is 23.6 Å². The van der Waals surface area contributed by atoms with E-state index in [2.05, 4.69) is 71.6 Å². The number of hydrogen-bond donors (Lipinski definition) is 3. The van der Waals surface area contributed by atoms with Crippen LogP contribution in [0.4, 0.5) is 11.6 Å². The van der Waals surface area contributed by atoms with Crippen molar-refractivity contribution in [3.8, 4) is 22.7 Å². The van der Waals surface area contributed by atoms with Crippen LogP contribution in [0.1, 0.15) is 62.2 Å². The molecule has 0 atom stereocenters. The summed E-state index contributed by atoms with van der Waals surface area (Å²) < 4.78 is 16.8. The van der Waals surface area contributed by atoms with Gasteiger partial charge in [-0.2, -0.15) is 15.0 Å². The van der Waals surface area contributed by atoms with Gasteiger partial charge in [-0.25, -0.2) is 0 Å². The molecule has 0 saturated carbocycles. The number of thiazole rings is 1. The van der Waals surface area contributed by atoms with Crippen molar-refractivity contribution in [2.45, 2.75) is 53.0 Å². The summed E-state index contributed by atoms with van der Waals surface area (Å²) >= 11 is 1.24. The van der Waals surface area contributed by atoms with Gasteiger partial charge in [0.2, 0.25) is 17.7 Å². The summed E-state index contributed by atoms with van der Waals surface area (Å²) in [5.41, 5.74) is 2.56. The molecule has 2 heterocycles. The van der Waals surface area contributed by atoms with Gasteiger partial charge < -0.3 is 30.2 Å². The van der Waals surface area contributed by atoms with Gasteiger partial charge in [-0.1, -0.05) is 37.3 Å². The molecule has 0 aliphatic carbocycles. The first kappa shape index (κ1) is 28.1. The highest BCUT2D eigenvalue weighted by molar-refractivity contribution is 7.11. The lowest BCUT2D eigenvalue weighted by Gasteiger charge is -2.20. The number of rotatable bonds is 11. The zero-order valence-electron chi connectivity index (χ0n) is 22.7. The number of methoxy groups -OCH3 is 2. The van der Waals surface area contributed by atoms with Gasteiger partial charge in [0.15, 0.2) is 5.69 Å². The molecule has 0 aliphatic rings. The summed E-state index contributed by atoms with van der Waals surface area (Å²) in [6, 6.07) is 6.10. The molecule has 11 heteroatoms. The van der Waals surface area contributed by atoms with Crippen LogP contribution in [0.25, 0.3) is 0 Å². The van der Waals surface area contributed by atoms with Gasteiger partial charge in [-0.05, 0) is 50.8 Å². The lowest BCUT2D eigenvalue weighted by atomic mass is 10.0. The maximum Gasteiger partial charge on any atom is 0.279 e. The van der Waals surface area contributed by atoms with E-state index in [9.17, 15) is 4.79 Å². The van der Waals surface area contributed by atoms with Gasteiger partial charge in [0.05, 0.1) is 14.2 Å². The van der Waals surface area contributed by atoms with E-state index in [-0.39, 0.29) is 28.7 Å². The largest absolute Gasteiger partial charge is 0.479 e. The first-order valence-corrected chi connectivity index (χ1v) is 12.9. The molecular formula is C26H36N6O4S. The summed E-state index contributed by atoms with van der Waals surface area (Å²) in [5.74, 6) is 1.28. The molecule has 1 amide bonds. The van der Waals surface area contributed by atoms with Gasteiger partial charge in [0.1, 0.15) is 11.4 Å². The molecule has 0 spiro atoms. The van der Waals surface area contributed by atoms with E-state index in [1.54, 1.807) is 5.38 Å². The number of carbonyl (C=O) groups is 1. The van der Waals surface area contributed by atoms with E-state index < -0.39 is 5.91 Å². The van der Waals surface area contributed by atoms with Crippen molar-refractivity contribution in [3.63, 3.8) is 0 Å². The number of hydrogen-bond acceptors (Lipinski definition) is 10. The molecule has 0 aliphatic heterocycles. The van der Waals surface area contributed by atoms with Crippen LogP contribution in [0.5, 0.6) is 22.7 Å². The average molecular weight is 529 g/mol. The SMILES string of the molecule is COc1nc(NCCNC(C)(C)C)nc(OC)c1NC(=O)c1csc(Oc2cc(C(C)C)ccc2C)n1. The molecule has 10 nitrogen and oxygen atoms in total. The number of nitrogens with one attached hydrogen (secondary N) is 3. The number of amides is 1. The van der Waals surface area contributed by atoms with Crippen molar-refractivity contribution in [1.29, 1.82) is 0 Å². The Bertz CT molecular complexity index is 1200. The first-order chi connectivity index (χ1) is 17.5. The normalized spacial score (nSPS) is 11.4. The van der Waals surface area contributed by atoms with Crippen molar-refractivity contribution in [1.82, 2.24) is 20.3 Å². The van der Waals surface area contributed by atoms with Crippen LogP contribution in [0, 0.1) is 6.92 Å². The Kier molecular flexibility index (Phi) is 9.28. The number of anilines is 2. The standard InChI is InChI=1S/C26H36N6O4S/c1-15(2)17-10-9-16(3)19(13-17)36-25-29-18(14-37-25)21(33)30-20-22(34-7)31-24(32-23(20)35-8)27-11-12-28-26(4,5)6/h9-10,13-15,28H,11-12H2,1-8H3,(H,30,33)(H,27,31,32). The Morgan fingerprint density at radius 2 is 1.73 bits per heavy atom. The van der Waals surface area contributed by atoms with Crippen molar-refractivity contribution >= 4 is 28.9 Å². The Labute approximate surface area is 222 Å². The van der Waals surface area contributed by atoms with E-state index in [0.29, 0.717) is 35.9 Å². The Hall–Kier alpha value is -3.44. The van der Waals surface area contributed by atoms with Crippen molar-refractivity contribution in [2.24, 2.45) is 0 Å². The molecule has 37 heavy (non-hydrogen) atoms. The van der Waals surface area contributed by atoms with E-state index in [4.69, 9.17) is 14.2 Å². The molecule has 0 radical (unpaired) electrons. The van der Waals surface area contributed by atoms with Crippen molar-refractivity contribution in [2.75, 3.05) is 37.9 Å². The Morgan fingerprint density at radius 3 is 2.32 bits per heavy atom. The fraction of sp³-hybridized carbons (Fsp3) is 0.462. The number of nitrogens with zero attached hydrogens (tertiary/aromatic N) is 3. The minimum atomic E-state index is -0.464. The number of aryl methyl sites for hydroxylation is 1. The third-order valence-corrected chi connectivity index (χ3v) is 6.04. The molecule has 0 saturated heterocycles. The monoisotopic (exact) mass is 528 g/mol. The summed E-state index contributed by atoms with van der Waals surface area (Å²) in [7, 11) is 2.93. The van der Waals surface area contributed by atoms with Gasteiger partial charge in [-0.15, -0.1) is 0 Å². The Balaban J connectivity index is 1.72. The van der Waals surface area contributed by atoms with E-state index >= 15 is 0 Å². The molecule has 0 unspecified atom stereocenters. The molecule has 3 aromatic rings. The molecule has 0 fully saturated rings. The predicted octanol–water partition coefficient (Wildman–Crippen LogP) is 5.23. The number of ether oxygens (including phenoxy) is 3. The van der Waals surface area contributed by atoms with E-state index in [0.717, 1.165) is 11.1 Å². The second-order valence-corrected chi connectivity index (χ2v) is 10.6. The molecular weight excluding hydrogens is 492 g/mol. The predicted molar refractivity (Wildman–Crippen MR) is 147 cm³/mol. The number of carbonyl (C=O) groups excluding carboxylic acids is 1. The maximum absolute atomic E-state index is 13.0. The van der Waals surface area contributed by atoms with Gasteiger partial charge in [0, 0.05) is 24.0 Å². The fourth-order valence-electron chi connectivity index (χ4n) is 3.28. The summed E-state index contributed by atoms with van der Waals surface area (Å²) in [6.45, 7) is 13.8. The van der Waals surface area contributed by atoms with Crippen LogP contribution >= 0.6 is 11.3 Å². The smallest absolute Gasteiger partial charge is 0.279 e. The zero-order valence-corrected chi connectivity index (χ0v) is 23.5. The number of benzene rings is 1. The zero-order chi connectivity index (χ0) is 27.2. The Morgan fingerprint density at radius 1 is 1.05 bits per heavy atom. The topological polar surface area (TPSA) is 120 Å². The van der Waals surface area contributed by atoms with Crippen molar-refractivity contribution < 1.29 is 19.0 Å². The molecule has 1 aromatic carbocycles. The van der Waals surface area contributed by atoms with Crippen LogP contribution < -0.4 is 30.2 Å². The van der Waals surface area contributed by atoms with Crippen LogP contribution in [-0.2, 0) is 0 Å². The minimum absolute atomic E-state index is 0.00357. The highest BCUT2D eigenvalue weighted by atomic mass is 32.1. The van der Waals surface area contributed by atoms with E-state index in [1.807, 2.05) is 19.1 Å².